The summed E-state index contributed by atoms with van der Waals surface area (Å²) in [7, 11) is 0. The molecule has 0 aliphatic heterocycles. The normalized spacial score (nSPS) is 13.9. The third kappa shape index (κ3) is 13.9. The molecule has 0 radical (unpaired) electrons. The molecule has 35 heavy (non-hydrogen) atoms. The van der Waals surface area contributed by atoms with E-state index in [0.717, 1.165) is 0 Å². The Kier molecular flexibility index (Phi) is 15.5. The first-order chi connectivity index (χ1) is 16.4. The topological polar surface area (TPSA) is 300 Å². The highest BCUT2D eigenvalue weighted by atomic mass is 32.1. The van der Waals surface area contributed by atoms with Gasteiger partial charge in [0.05, 0.1) is 12.6 Å². The number of amides is 3. The Bertz CT molecular complexity index is 773. The van der Waals surface area contributed by atoms with E-state index in [-0.39, 0.29) is 50.0 Å². The molecule has 15 N–H and O–H groups in total. The standard InChI is InChI=1S/C18H36N10O6S/c19-9(3-1-5-24-17(20)21)13(30)26-10(4-2-6-25-18(22)23)14(31)27-11(7-29)15(32)28-12(8-35)16(33)34/h9-12,29,35H,1-8,19H2,(H,26,30)(H,27,31)(H,28,32)(H,33,34)(H4,20,21,24)(H4,22,23,25). The van der Waals surface area contributed by atoms with E-state index in [0.29, 0.717) is 6.42 Å². The molecule has 0 heterocycles. The molecular weight excluding hydrogens is 484 g/mol. The largest absolute Gasteiger partial charge is 0.480 e. The van der Waals surface area contributed by atoms with Gasteiger partial charge in [-0.25, -0.2) is 4.79 Å². The number of carbonyl (C=O) groups is 4. The van der Waals surface area contributed by atoms with Crippen LogP contribution in [0.2, 0.25) is 0 Å². The number of thiol groups is 1. The second-order valence-corrected chi connectivity index (χ2v) is 7.76. The van der Waals surface area contributed by atoms with Crippen molar-refractivity contribution in [3.63, 3.8) is 0 Å². The Balaban J connectivity index is 5.25. The molecular formula is C18H36N10O6S. The van der Waals surface area contributed by atoms with Gasteiger partial charge in [0, 0.05) is 18.8 Å². The second kappa shape index (κ2) is 17.2. The SMILES string of the molecule is NC(N)=NCCCC(N)C(=O)NC(CCCN=C(N)N)C(=O)NC(CO)C(=O)NC(CS)C(=O)O. The summed E-state index contributed by atoms with van der Waals surface area (Å²) in [6.45, 7) is -0.392. The maximum atomic E-state index is 12.8. The molecule has 3 amide bonds. The molecule has 0 aliphatic rings. The van der Waals surface area contributed by atoms with E-state index in [2.05, 4.69) is 38.6 Å². The summed E-state index contributed by atoms with van der Waals surface area (Å²) >= 11 is 3.84. The number of carbonyl (C=O) groups excluding carboxylic acids is 3. The van der Waals surface area contributed by atoms with Crippen LogP contribution in [0.5, 0.6) is 0 Å². The average Bonchev–Trinajstić information content (AvgIpc) is 2.79. The lowest BCUT2D eigenvalue weighted by molar-refractivity contribution is -0.142. The molecule has 17 heteroatoms. The highest BCUT2D eigenvalue weighted by Crippen LogP contribution is 2.03. The first kappa shape index (κ1) is 31.7. The lowest BCUT2D eigenvalue weighted by Gasteiger charge is -2.24. The van der Waals surface area contributed by atoms with Crippen LogP contribution in [0.1, 0.15) is 25.7 Å². The predicted octanol–water partition coefficient (Wildman–Crippen LogP) is -5.12. The van der Waals surface area contributed by atoms with Gasteiger partial charge in [0.1, 0.15) is 18.1 Å². The molecule has 4 atom stereocenters. The third-order valence-electron chi connectivity index (χ3n) is 4.50. The van der Waals surface area contributed by atoms with Crippen LogP contribution in [0.3, 0.4) is 0 Å². The zero-order valence-corrected chi connectivity index (χ0v) is 20.1. The van der Waals surface area contributed by atoms with Gasteiger partial charge in [-0.05, 0) is 25.7 Å². The van der Waals surface area contributed by atoms with Crippen LogP contribution in [-0.4, -0.2) is 95.4 Å². The van der Waals surface area contributed by atoms with E-state index in [4.69, 9.17) is 33.8 Å². The minimum absolute atomic E-state index is 0.0727. The lowest BCUT2D eigenvalue weighted by atomic mass is 10.1. The van der Waals surface area contributed by atoms with E-state index in [1.165, 1.54) is 0 Å². The molecule has 0 fully saturated rings. The van der Waals surface area contributed by atoms with Gasteiger partial charge in [0.15, 0.2) is 11.9 Å². The maximum Gasteiger partial charge on any atom is 0.327 e. The van der Waals surface area contributed by atoms with Gasteiger partial charge < -0.3 is 54.8 Å². The summed E-state index contributed by atoms with van der Waals surface area (Å²) in [6, 6.07) is -4.93. The van der Waals surface area contributed by atoms with Crippen LogP contribution in [-0.2, 0) is 19.2 Å². The number of nitrogens with two attached hydrogens (primary N) is 5. The van der Waals surface area contributed by atoms with E-state index in [1.54, 1.807) is 0 Å². The Morgan fingerprint density at radius 3 is 1.69 bits per heavy atom. The van der Waals surface area contributed by atoms with E-state index >= 15 is 0 Å². The minimum atomic E-state index is -1.48. The molecule has 0 saturated heterocycles. The van der Waals surface area contributed by atoms with Crippen molar-refractivity contribution in [1.29, 1.82) is 0 Å². The number of carboxylic acid groups (broad SMARTS) is 1. The molecule has 0 aliphatic carbocycles. The molecule has 0 saturated carbocycles. The second-order valence-electron chi connectivity index (χ2n) is 7.39. The number of hydrogen-bond acceptors (Lipinski definition) is 9. The molecule has 0 spiro atoms. The number of aliphatic imine (C=N–C) groups is 2. The fraction of sp³-hybridized carbons (Fsp3) is 0.667. The van der Waals surface area contributed by atoms with Crippen molar-refractivity contribution in [2.45, 2.75) is 49.9 Å². The van der Waals surface area contributed by atoms with Crippen molar-refractivity contribution in [3.05, 3.63) is 0 Å². The molecule has 0 bridgehead atoms. The summed E-state index contributed by atoms with van der Waals surface area (Å²) < 4.78 is 0. The monoisotopic (exact) mass is 520 g/mol. The van der Waals surface area contributed by atoms with Gasteiger partial charge in [-0.1, -0.05) is 0 Å². The highest BCUT2D eigenvalue weighted by molar-refractivity contribution is 7.80. The first-order valence-corrected chi connectivity index (χ1v) is 11.3. The number of nitrogens with one attached hydrogen (secondary N) is 3. The zero-order valence-electron chi connectivity index (χ0n) is 19.2. The van der Waals surface area contributed by atoms with Gasteiger partial charge >= 0.3 is 5.97 Å². The van der Waals surface area contributed by atoms with Crippen molar-refractivity contribution in [3.8, 4) is 0 Å². The summed E-state index contributed by atoms with van der Waals surface area (Å²) in [5, 5.41) is 25.5. The van der Waals surface area contributed by atoms with Crippen LogP contribution in [0, 0.1) is 0 Å². The quantitative estimate of drug-likeness (QED) is 0.0373. The summed E-state index contributed by atoms with van der Waals surface area (Å²) in [4.78, 5) is 56.3. The predicted molar refractivity (Wildman–Crippen MR) is 132 cm³/mol. The minimum Gasteiger partial charge on any atom is -0.480 e. The van der Waals surface area contributed by atoms with Crippen LogP contribution < -0.4 is 44.6 Å². The maximum absolute atomic E-state index is 12.8. The number of aliphatic carboxylic acids is 1. The number of guanidine groups is 2. The van der Waals surface area contributed by atoms with Crippen molar-refractivity contribution < 1.29 is 29.4 Å². The highest BCUT2D eigenvalue weighted by Gasteiger charge is 2.29. The smallest absolute Gasteiger partial charge is 0.327 e. The molecule has 0 aromatic heterocycles. The Hall–Kier alpha value is -3.31. The van der Waals surface area contributed by atoms with Gasteiger partial charge in [-0.3, -0.25) is 24.4 Å². The summed E-state index contributed by atoms with van der Waals surface area (Å²) in [6.07, 6.45) is 0.999. The van der Waals surface area contributed by atoms with Crippen LogP contribution in [0.4, 0.5) is 0 Å². The van der Waals surface area contributed by atoms with Crippen LogP contribution in [0.25, 0.3) is 0 Å². The number of nitrogens with zero attached hydrogens (tertiary/aromatic N) is 2. The summed E-state index contributed by atoms with van der Waals surface area (Å²) in [5.74, 6) is -4.17. The summed E-state index contributed by atoms with van der Waals surface area (Å²) in [5.41, 5.74) is 26.9. The third-order valence-corrected chi connectivity index (χ3v) is 4.86. The van der Waals surface area contributed by atoms with E-state index in [9.17, 15) is 24.3 Å². The van der Waals surface area contributed by atoms with Crippen molar-refractivity contribution in [1.82, 2.24) is 16.0 Å². The zero-order chi connectivity index (χ0) is 27.0. The van der Waals surface area contributed by atoms with E-state index < -0.39 is 54.5 Å². The van der Waals surface area contributed by atoms with Gasteiger partial charge in [-0.2, -0.15) is 12.6 Å². The number of rotatable bonds is 17. The van der Waals surface area contributed by atoms with Crippen LogP contribution in [0.15, 0.2) is 9.98 Å². The number of carboxylic acids is 1. The number of aliphatic hydroxyl groups is 1. The van der Waals surface area contributed by atoms with Gasteiger partial charge in [0.25, 0.3) is 0 Å². The fourth-order valence-electron chi connectivity index (χ4n) is 2.63. The Morgan fingerprint density at radius 1 is 0.771 bits per heavy atom. The Morgan fingerprint density at radius 2 is 1.23 bits per heavy atom. The molecule has 0 rings (SSSR count). The van der Waals surface area contributed by atoms with Crippen molar-refractivity contribution in [2.24, 2.45) is 38.7 Å². The van der Waals surface area contributed by atoms with Gasteiger partial charge in [-0.15, -0.1) is 0 Å². The fourth-order valence-corrected chi connectivity index (χ4v) is 2.87. The molecule has 0 aromatic rings. The first-order valence-electron chi connectivity index (χ1n) is 10.6. The van der Waals surface area contributed by atoms with Crippen molar-refractivity contribution in [2.75, 3.05) is 25.4 Å². The molecule has 16 nitrogen and oxygen atoms in total. The van der Waals surface area contributed by atoms with Crippen molar-refractivity contribution >= 4 is 48.2 Å². The van der Waals surface area contributed by atoms with Gasteiger partial charge in [0.2, 0.25) is 17.7 Å². The van der Waals surface area contributed by atoms with Crippen LogP contribution >= 0.6 is 12.6 Å². The average molecular weight is 521 g/mol. The molecule has 4 unspecified atom stereocenters. The number of aliphatic hydroxyl groups excluding tert-OH is 1. The molecule has 200 valence electrons. The number of hydrogen-bond donors (Lipinski definition) is 11. The van der Waals surface area contributed by atoms with E-state index in [1.807, 2.05) is 0 Å². The Labute approximate surface area is 207 Å². The lowest BCUT2D eigenvalue weighted by Crippen LogP contribution is -2.58. The molecule has 0 aromatic carbocycles.